The quantitative estimate of drug-likeness (QED) is 0.0299. The van der Waals surface area contributed by atoms with E-state index >= 15 is 0 Å². The van der Waals surface area contributed by atoms with Crippen LogP contribution in [0.2, 0.25) is 0 Å². The molecule has 0 aromatic heterocycles. The van der Waals surface area contributed by atoms with Gasteiger partial charge in [-0.2, -0.15) is 0 Å². The van der Waals surface area contributed by atoms with E-state index in [4.69, 9.17) is 19.3 Å². The number of unbranched alkanes of at least 4 members (excludes halogenated alkanes) is 18. The van der Waals surface area contributed by atoms with Crippen LogP contribution in [0.4, 0.5) is 0 Å². The van der Waals surface area contributed by atoms with Crippen molar-refractivity contribution in [1.82, 2.24) is 0 Å². The molecular weight excluding hydrogens is 753 g/mol. The third kappa shape index (κ3) is 36.2. The lowest BCUT2D eigenvalue weighted by atomic mass is 9.98. The number of aliphatic hydroxyl groups excluding tert-OH is 1. The van der Waals surface area contributed by atoms with Gasteiger partial charge in [-0.15, -0.1) is 0 Å². The molecule has 11 heteroatoms. The molecule has 2 heterocycles. The number of ether oxygens (including phenoxy) is 6. The van der Waals surface area contributed by atoms with Crippen LogP contribution in [-0.4, -0.2) is 86.4 Å². The molecule has 0 amide bonds. The lowest BCUT2D eigenvalue weighted by Gasteiger charge is -2.34. The van der Waals surface area contributed by atoms with E-state index in [-0.39, 0.29) is 30.1 Å². The first-order valence-corrected chi connectivity index (χ1v) is 24.0. The van der Waals surface area contributed by atoms with E-state index in [0.29, 0.717) is 31.7 Å². The molecule has 0 radical (unpaired) electrons. The van der Waals surface area contributed by atoms with Crippen molar-refractivity contribution in [3.63, 3.8) is 0 Å². The molecule has 2 aliphatic heterocycles. The molecule has 0 bridgehead atoms. The second-order valence-electron chi connectivity index (χ2n) is 15.8. The highest BCUT2D eigenvalue weighted by Gasteiger charge is 2.37. The predicted octanol–water partition coefficient (Wildman–Crippen LogP) is 11.7. The second kappa shape index (κ2) is 42.5. The van der Waals surface area contributed by atoms with Gasteiger partial charge in [0, 0.05) is 12.8 Å². The Bertz CT molecular complexity index is 988. The molecule has 0 aliphatic carbocycles. The number of carbonyl (C=O) groups is 4. The molecule has 59 heavy (non-hydrogen) atoms. The molecule has 1 N–H and O–H groups in total. The number of hydrogen-bond donors (Lipinski definition) is 1. The Morgan fingerprint density at radius 1 is 0.559 bits per heavy atom. The largest absolute Gasteiger partial charge is 0.469 e. The Hall–Kier alpha value is -2.24. The molecular formula is C48H92O11. The van der Waals surface area contributed by atoms with Crippen molar-refractivity contribution in [1.29, 1.82) is 0 Å². The molecule has 2 aliphatic rings. The molecule has 2 fully saturated rings. The Kier molecular flexibility index (Phi) is 42.3. The van der Waals surface area contributed by atoms with Gasteiger partial charge in [-0.25, -0.2) is 9.59 Å². The zero-order valence-corrected chi connectivity index (χ0v) is 39.5. The molecule has 0 spiro atoms. The van der Waals surface area contributed by atoms with Crippen LogP contribution in [0.1, 0.15) is 228 Å². The number of rotatable bonds is 32. The van der Waals surface area contributed by atoms with Crippen LogP contribution in [0.15, 0.2) is 0 Å². The molecule has 6 unspecified atom stereocenters. The number of carbonyl (C=O) groups excluding carboxylic acids is 4. The summed E-state index contributed by atoms with van der Waals surface area (Å²) in [6.45, 7) is 13.7. The summed E-state index contributed by atoms with van der Waals surface area (Å²) in [5, 5.41) is 8.48. The van der Waals surface area contributed by atoms with E-state index in [1.807, 2.05) is 13.8 Å². The van der Waals surface area contributed by atoms with E-state index in [9.17, 15) is 19.2 Å². The maximum atomic E-state index is 11.9. The molecule has 6 atom stereocenters. The Labute approximate surface area is 361 Å². The first kappa shape index (κ1) is 58.9. The Balaban J connectivity index is 0. The third-order valence-electron chi connectivity index (χ3n) is 10.6. The zero-order chi connectivity index (χ0) is 44.5. The summed E-state index contributed by atoms with van der Waals surface area (Å²) in [6, 6.07) is 0. The van der Waals surface area contributed by atoms with Crippen LogP contribution < -0.4 is 0 Å². The molecule has 2 rings (SSSR count). The van der Waals surface area contributed by atoms with Gasteiger partial charge in [0.1, 0.15) is 12.2 Å². The van der Waals surface area contributed by atoms with Gasteiger partial charge in [0.25, 0.3) is 0 Å². The summed E-state index contributed by atoms with van der Waals surface area (Å²) in [4.78, 5) is 44.2. The van der Waals surface area contributed by atoms with E-state index in [2.05, 4.69) is 28.1 Å². The highest BCUT2D eigenvalue weighted by atomic mass is 16.6. The second-order valence-corrected chi connectivity index (χ2v) is 15.8. The summed E-state index contributed by atoms with van der Waals surface area (Å²) in [5.74, 6) is -0.986. The van der Waals surface area contributed by atoms with Crippen LogP contribution in [0.5, 0.6) is 0 Å². The van der Waals surface area contributed by atoms with Gasteiger partial charge in [0.15, 0.2) is 6.10 Å². The van der Waals surface area contributed by atoms with Crippen molar-refractivity contribution in [3.8, 4) is 0 Å². The van der Waals surface area contributed by atoms with Crippen molar-refractivity contribution in [2.75, 3.05) is 20.8 Å². The lowest BCUT2D eigenvalue weighted by Crippen LogP contribution is -2.45. The fourth-order valence-electron chi connectivity index (χ4n) is 6.92. The highest BCUT2D eigenvalue weighted by molar-refractivity contribution is 5.75. The highest BCUT2D eigenvalue weighted by Crippen LogP contribution is 2.32. The van der Waals surface area contributed by atoms with Crippen LogP contribution >= 0.6 is 0 Å². The van der Waals surface area contributed by atoms with E-state index in [0.717, 1.165) is 64.2 Å². The molecule has 350 valence electrons. The summed E-state index contributed by atoms with van der Waals surface area (Å²) in [6.07, 6.45) is 31.9. The fourth-order valence-corrected chi connectivity index (χ4v) is 6.92. The van der Waals surface area contributed by atoms with Gasteiger partial charge in [-0.05, 0) is 65.7 Å². The number of cyclic esters (lactones) is 1. The normalized spacial score (nSPS) is 19.6. The minimum Gasteiger partial charge on any atom is -0.469 e. The number of epoxide rings is 1. The topological polar surface area (TPSA) is 147 Å². The first-order chi connectivity index (χ1) is 28.5. The Morgan fingerprint density at radius 3 is 1.24 bits per heavy atom. The van der Waals surface area contributed by atoms with Crippen molar-refractivity contribution in [2.45, 2.75) is 265 Å². The average molecular weight is 845 g/mol. The van der Waals surface area contributed by atoms with E-state index in [1.54, 1.807) is 13.8 Å². The zero-order valence-electron chi connectivity index (χ0n) is 39.5. The minimum absolute atomic E-state index is 0.0309. The number of esters is 4. The standard InChI is InChI=1S/C22H40O5.C19H36O3.C5H10O3.C2H6/c1-4-5-6-7-9-13-16-20-19(26-18(2)22(24)27-20)15-12-10-8-11-14-17-21(23)25-3;1-3-4-5-6-8-11-14-17-18(22-17)15-12-9-7-10-13-16-19(20)21-2;1-3-8-5(7)4(2)6;1-2/h18-20H,4-17H2,1-3H3;17-18H,3-16H2,1-2H3;4,6H,3H2,1-2H3;1-2H3. The smallest absolute Gasteiger partial charge is 0.335 e. The fraction of sp³-hybridized carbons (Fsp3) is 0.917. The van der Waals surface area contributed by atoms with Gasteiger partial charge in [-0.1, -0.05) is 150 Å². The number of methoxy groups -OCH3 is 2. The van der Waals surface area contributed by atoms with Gasteiger partial charge in [0.05, 0.1) is 39.1 Å². The first-order valence-electron chi connectivity index (χ1n) is 24.0. The summed E-state index contributed by atoms with van der Waals surface area (Å²) < 4.78 is 31.1. The SMILES string of the molecule is CC.CCCCCCCCC1OC(=O)C(C)OC1CCCCCCCC(=O)OC.CCCCCCCCC1OC1CCCCCCCC(=O)OC.CCOC(=O)C(C)O. The Morgan fingerprint density at radius 2 is 0.898 bits per heavy atom. The summed E-state index contributed by atoms with van der Waals surface area (Å²) in [5.41, 5.74) is 0. The average Bonchev–Trinajstić information content (AvgIpc) is 3.99. The summed E-state index contributed by atoms with van der Waals surface area (Å²) in [7, 11) is 2.89. The van der Waals surface area contributed by atoms with Crippen molar-refractivity contribution in [3.05, 3.63) is 0 Å². The number of hydrogen-bond acceptors (Lipinski definition) is 11. The van der Waals surface area contributed by atoms with E-state index < -0.39 is 18.2 Å². The monoisotopic (exact) mass is 845 g/mol. The van der Waals surface area contributed by atoms with Gasteiger partial charge < -0.3 is 33.5 Å². The van der Waals surface area contributed by atoms with Crippen molar-refractivity contribution in [2.24, 2.45) is 0 Å². The maximum absolute atomic E-state index is 11.9. The third-order valence-corrected chi connectivity index (χ3v) is 10.6. The van der Waals surface area contributed by atoms with Crippen LogP contribution in [0, 0.1) is 0 Å². The number of aliphatic hydroxyl groups is 1. The molecule has 2 saturated heterocycles. The van der Waals surface area contributed by atoms with Crippen LogP contribution in [-0.2, 0) is 47.6 Å². The minimum atomic E-state index is -0.991. The molecule has 11 nitrogen and oxygen atoms in total. The van der Waals surface area contributed by atoms with Crippen molar-refractivity contribution >= 4 is 23.9 Å². The molecule has 0 aromatic rings. The predicted molar refractivity (Wildman–Crippen MR) is 237 cm³/mol. The van der Waals surface area contributed by atoms with Crippen LogP contribution in [0.3, 0.4) is 0 Å². The maximum Gasteiger partial charge on any atom is 0.335 e. The van der Waals surface area contributed by atoms with Crippen molar-refractivity contribution < 1.29 is 52.7 Å². The summed E-state index contributed by atoms with van der Waals surface area (Å²) >= 11 is 0. The molecule has 0 saturated carbocycles. The molecule has 0 aromatic carbocycles. The lowest BCUT2D eigenvalue weighted by molar-refractivity contribution is -0.199. The van der Waals surface area contributed by atoms with Gasteiger partial charge >= 0.3 is 23.9 Å². The van der Waals surface area contributed by atoms with Gasteiger partial charge in [0.2, 0.25) is 0 Å². The van der Waals surface area contributed by atoms with Crippen LogP contribution in [0.25, 0.3) is 0 Å². The van der Waals surface area contributed by atoms with Gasteiger partial charge in [-0.3, -0.25) is 9.59 Å². The van der Waals surface area contributed by atoms with E-state index in [1.165, 1.54) is 124 Å².